The molecule has 3 heterocycles. The molecule has 7 heteroatoms. The number of pyridine rings is 2. The minimum absolute atomic E-state index is 0.0966. The average Bonchev–Trinajstić information content (AvgIpc) is 3.20. The Morgan fingerprint density at radius 2 is 1.97 bits per heavy atom. The second-order valence-electron chi connectivity index (χ2n) is 6.57. The van der Waals surface area contributed by atoms with Gasteiger partial charge in [-0.1, -0.05) is 18.2 Å². The number of rotatable bonds is 5. The zero-order valence-electron chi connectivity index (χ0n) is 16.1. The fourth-order valence-electron chi connectivity index (χ4n) is 3.19. The first-order valence-corrected chi connectivity index (χ1v) is 9.08. The summed E-state index contributed by atoms with van der Waals surface area (Å²) in [6, 6.07) is 15.1. The third kappa shape index (κ3) is 3.62. The summed E-state index contributed by atoms with van der Waals surface area (Å²) in [5.74, 6) is -0.203. The van der Waals surface area contributed by atoms with E-state index >= 15 is 0 Å². The van der Waals surface area contributed by atoms with Gasteiger partial charge < -0.3 is 15.5 Å². The zero-order valence-corrected chi connectivity index (χ0v) is 16.1. The highest BCUT2D eigenvalue weighted by atomic mass is 16.5. The van der Waals surface area contributed by atoms with Crippen LogP contribution in [0, 0.1) is 11.3 Å². The van der Waals surface area contributed by atoms with E-state index in [1.54, 1.807) is 25.6 Å². The van der Waals surface area contributed by atoms with Gasteiger partial charge in [0.1, 0.15) is 17.3 Å². The summed E-state index contributed by atoms with van der Waals surface area (Å²) in [7, 11) is 1.58. The molecule has 0 aliphatic rings. The summed E-state index contributed by atoms with van der Waals surface area (Å²) < 4.78 is 5.13. The molecule has 0 spiro atoms. The molecule has 0 atom stereocenters. The number of H-pyrrole nitrogens is 1. The summed E-state index contributed by atoms with van der Waals surface area (Å²) in [5, 5.41) is 10.0. The second kappa shape index (κ2) is 7.89. The first kappa shape index (κ1) is 18.9. The van der Waals surface area contributed by atoms with E-state index in [0.29, 0.717) is 11.4 Å². The molecule has 146 valence electrons. The van der Waals surface area contributed by atoms with E-state index in [4.69, 9.17) is 15.7 Å². The Balaban J connectivity index is 1.76. The minimum atomic E-state index is -0.754. The Kier molecular flexibility index (Phi) is 4.97. The molecule has 0 unspecified atom stereocenters. The highest BCUT2D eigenvalue weighted by Crippen LogP contribution is 2.31. The first-order chi connectivity index (χ1) is 14.6. The molecule has 7 nitrogen and oxygen atoms in total. The number of ether oxygens (including phenoxy) is 1. The van der Waals surface area contributed by atoms with Crippen molar-refractivity contribution >= 4 is 23.0 Å². The number of methoxy groups -OCH3 is 1. The molecule has 0 saturated carbocycles. The summed E-state index contributed by atoms with van der Waals surface area (Å²) in [4.78, 5) is 23.3. The van der Waals surface area contributed by atoms with Crippen LogP contribution in [0.1, 0.15) is 5.56 Å². The highest BCUT2D eigenvalue weighted by Gasteiger charge is 2.10. The van der Waals surface area contributed by atoms with Gasteiger partial charge in [-0.25, -0.2) is 9.97 Å². The van der Waals surface area contributed by atoms with Crippen LogP contribution in [0.15, 0.2) is 66.6 Å². The van der Waals surface area contributed by atoms with E-state index in [1.165, 1.54) is 6.08 Å². The second-order valence-corrected chi connectivity index (χ2v) is 6.57. The van der Waals surface area contributed by atoms with Gasteiger partial charge in [-0.15, -0.1) is 0 Å². The Labute approximate surface area is 172 Å². The van der Waals surface area contributed by atoms with Crippen molar-refractivity contribution < 1.29 is 9.53 Å². The van der Waals surface area contributed by atoms with E-state index in [9.17, 15) is 4.79 Å². The number of benzene rings is 1. The Bertz CT molecular complexity index is 1310. The van der Waals surface area contributed by atoms with E-state index in [-0.39, 0.29) is 5.57 Å². The number of fused-ring (bicyclic) bond motifs is 1. The average molecular weight is 395 g/mol. The van der Waals surface area contributed by atoms with E-state index < -0.39 is 5.91 Å². The quantitative estimate of drug-likeness (QED) is 0.395. The fourth-order valence-corrected chi connectivity index (χ4v) is 3.19. The van der Waals surface area contributed by atoms with Crippen LogP contribution in [0.3, 0.4) is 0 Å². The van der Waals surface area contributed by atoms with Gasteiger partial charge in [-0.3, -0.25) is 4.79 Å². The molecule has 0 aliphatic carbocycles. The van der Waals surface area contributed by atoms with Crippen molar-refractivity contribution in [2.24, 2.45) is 5.73 Å². The number of hydrogen-bond acceptors (Lipinski definition) is 5. The Morgan fingerprint density at radius 1 is 1.13 bits per heavy atom. The molecule has 1 amide bonds. The number of carbonyl (C=O) groups excluding carboxylic acids is 1. The normalized spacial score (nSPS) is 11.3. The van der Waals surface area contributed by atoms with Gasteiger partial charge in [0, 0.05) is 46.7 Å². The number of amides is 1. The Hall–Kier alpha value is -4.44. The van der Waals surface area contributed by atoms with Crippen LogP contribution < -0.4 is 10.5 Å². The van der Waals surface area contributed by atoms with Crippen molar-refractivity contribution in [1.29, 1.82) is 5.26 Å². The molecule has 0 bridgehead atoms. The van der Waals surface area contributed by atoms with Gasteiger partial charge in [0.15, 0.2) is 0 Å². The number of nitrogens with zero attached hydrogens (tertiary/aromatic N) is 3. The lowest BCUT2D eigenvalue weighted by molar-refractivity contribution is -0.114. The number of aromatic nitrogens is 3. The first-order valence-electron chi connectivity index (χ1n) is 9.08. The maximum absolute atomic E-state index is 11.3. The number of aromatic amines is 1. The molecule has 30 heavy (non-hydrogen) atoms. The van der Waals surface area contributed by atoms with Crippen LogP contribution >= 0.6 is 0 Å². The largest absolute Gasteiger partial charge is 0.481 e. The SMILES string of the molecule is COc1ccc(-c2c[nH]c3ncc(-c4cccc(C=C(C#N)C(N)=O)c4)cc23)cn1. The lowest BCUT2D eigenvalue weighted by atomic mass is 10.0. The molecule has 0 saturated heterocycles. The molecular formula is C23H17N5O2. The van der Waals surface area contributed by atoms with Crippen LogP contribution in [0.2, 0.25) is 0 Å². The van der Waals surface area contributed by atoms with Crippen molar-refractivity contribution in [1.82, 2.24) is 15.0 Å². The summed E-state index contributed by atoms with van der Waals surface area (Å²) in [5.41, 5.74) is 10.3. The Morgan fingerprint density at radius 3 is 2.67 bits per heavy atom. The monoisotopic (exact) mass is 395 g/mol. The maximum Gasteiger partial charge on any atom is 0.259 e. The van der Waals surface area contributed by atoms with Gasteiger partial charge in [0.25, 0.3) is 5.91 Å². The smallest absolute Gasteiger partial charge is 0.259 e. The number of hydrogen-bond donors (Lipinski definition) is 2. The van der Waals surface area contributed by atoms with Gasteiger partial charge in [0.05, 0.1) is 7.11 Å². The standard InChI is InChI=1S/C23H17N5O2/c1-30-21-6-5-16(11-26-21)20-13-28-23-19(20)9-18(12-27-23)15-4-2-3-14(7-15)8-17(10-24)22(25)29/h2-9,11-13H,1H3,(H2,25,29)(H,27,28). The lowest BCUT2D eigenvalue weighted by Gasteiger charge is -2.05. The van der Waals surface area contributed by atoms with Gasteiger partial charge >= 0.3 is 0 Å². The molecule has 3 N–H and O–H groups in total. The number of primary amides is 1. The molecule has 4 aromatic rings. The number of nitriles is 1. The molecule has 0 radical (unpaired) electrons. The number of carbonyl (C=O) groups is 1. The molecule has 1 aromatic carbocycles. The molecular weight excluding hydrogens is 378 g/mol. The third-order valence-electron chi connectivity index (χ3n) is 4.70. The van der Waals surface area contributed by atoms with Crippen molar-refractivity contribution in [3.63, 3.8) is 0 Å². The number of nitrogens with two attached hydrogens (primary N) is 1. The van der Waals surface area contributed by atoms with Crippen LogP contribution in [-0.4, -0.2) is 28.0 Å². The summed E-state index contributed by atoms with van der Waals surface area (Å²) in [6.07, 6.45) is 6.91. The molecule has 0 fully saturated rings. The fraction of sp³-hybridized carbons (Fsp3) is 0.0435. The zero-order chi connectivity index (χ0) is 21.1. The van der Waals surface area contributed by atoms with Crippen molar-refractivity contribution in [2.45, 2.75) is 0 Å². The third-order valence-corrected chi connectivity index (χ3v) is 4.70. The van der Waals surface area contributed by atoms with Gasteiger partial charge in [-0.05, 0) is 35.4 Å². The van der Waals surface area contributed by atoms with Crippen LogP contribution in [0.4, 0.5) is 0 Å². The molecule has 0 aliphatic heterocycles. The molecule has 4 rings (SSSR count). The maximum atomic E-state index is 11.3. The van der Waals surface area contributed by atoms with E-state index in [0.717, 1.165) is 33.3 Å². The van der Waals surface area contributed by atoms with Crippen molar-refractivity contribution in [3.8, 4) is 34.2 Å². The minimum Gasteiger partial charge on any atom is -0.481 e. The van der Waals surface area contributed by atoms with Crippen LogP contribution in [0.5, 0.6) is 5.88 Å². The summed E-state index contributed by atoms with van der Waals surface area (Å²) >= 11 is 0. The predicted molar refractivity (Wildman–Crippen MR) is 114 cm³/mol. The molecule has 3 aromatic heterocycles. The van der Waals surface area contributed by atoms with Crippen molar-refractivity contribution in [2.75, 3.05) is 7.11 Å². The van der Waals surface area contributed by atoms with Gasteiger partial charge in [0.2, 0.25) is 5.88 Å². The van der Waals surface area contributed by atoms with Gasteiger partial charge in [-0.2, -0.15) is 5.26 Å². The topological polar surface area (TPSA) is 118 Å². The summed E-state index contributed by atoms with van der Waals surface area (Å²) in [6.45, 7) is 0. The van der Waals surface area contributed by atoms with E-state index in [2.05, 4.69) is 15.0 Å². The van der Waals surface area contributed by atoms with E-state index in [1.807, 2.05) is 48.7 Å². The van der Waals surface area contributed by atoms with Crippen LogP contribution in [-0.2, 0) is 4.79 Å². The van der Waals surface area contributed by atoms with Crippen molar-refractivity contribution in [3.05, 3.63) is 72.2 Å². The highest BCUT2D eigenvalue weighted by molar-refractivity contribution is 6.00. The predicted octanol–water partition coefficient (Wildman–Crippen LogP) is 3.69. The lowest BCUT2D eigenvalue weighted by Crippen LogP contribution is -2.12. The van der Waals surface area contributed by atoms with Crippen LogP contribution in [0.25, 0.3) is 39.4 Å². The number of nitrogens with one attached hydrogen (secondary N) is 1.